The molecule has 2 fully saturated rings. The van der Waals surface area contributed by atoms with Crippen LogP contribution >= 0.6 is 11.8 Å². The van der Waals surface area contributed by atoms with Crippen molar-refractivity contribution < 1.29 is 0 Å². The minimum atomic E-state index is 0.572. The molecule has 2 aliphatic carbocycles. The topological polar surface area (TPSA) is 12.9 Å². The van der Waals surface area contributed by atoms with Crippen LogP contribution in [0.5, 0.6) is 0 Å². The molecule has 2 heteroatoms. The molecule has 0 spiro atoms. The molecule has 1 heterocycles. The van der Waals surface area contributed by atoms with Crippen LogP contribution in [0, 0.1) is 17.3 Å². The first-order valence-corrected chi connectivity index (χ1v) is 10.8. The highest BCUT2D eigenvalue weighted by molar-refractivity contribution is 7.99. The SMILES string of the molecule is CC(CCSc1ccccn1)(C1CCCCC1)C1CCCCC1. The van der Waals surface area contributed by atoms with Crippen LogP contribution in [0.15, 0.2) is 29.4 Å². The molecule has 0 aromatic carbocycles. The van der Waals surface area contributed by atoms with Crippen LogP contribution in [0.2, 0.25) is 0 Å². The normalized spacial score (nSPS) is 21.4. The van der Waals surface area contributed by atoms with Crippen LogP contribution < -0.4 is 0 Å². The Balaban J connectivity index is 1.64. The first kappa shape index (κ1) is 17.3. The fourth-order valence-corrected chi connectivity index (χ4v) is 6.13. The second-order valence-corrected chi connectivity index (χ2v) is 9.06. The third kappa shape index (κ3) is 4.53. The second kappa shape index (κ2) is 8.55. The predicted molar refractivity (Wildman–Crippen MR) is 101 cm³/mol. The first-order valence-electron chi connectivity index (χ1n) is 9.83. The van der Waals surface area contributed by atoms with E-state index >= 15 is 0 Å². The number of hydrogen-bond acceptors (Lipinski definition) is 2. The van der Waals surface area contributed by atoms with E-state index in [0.29, 0.717) is 5.41 Å². The van der Waals surface area contributed by atoms with Gasteiger partial charge in [0.15, 0.2) is 0 Å². The summed E-state index contributed by atoms with van der Waals surface area (Å²) < 4.78 is 0. The molecule has 2 aliphatic rings. The Morgan fingerprint density at radius 1 is 0.957 bits per heavy atom. The van der Waals surface area contributed by atoms with Gasteiger partial charge in [-0.05, 0) is 61.5 Å². The summed E-state index contributed by atoms with van der Waals surface area (Å²) in [6.45, 7) is 2.65. The largest absolute Gasteiger partial charge is 0.250 e. The molecule has 23 heavy (non-hydrogen) atoms. The van der Waals surface area contributed by atoms with Crippen molar-refractivity contribution in [3.63, 3.8) is 0 Å². The van der Waals surface area contributed by atoms with E-state index in [2.05, 4.69) is 24.0 Å². The van der Waals surface area contributed by atoms with Crippen molar-refractivity contribution in [3.05, 3.63) is 24.4 Å². The fourth-order valence-electron chi connectivity index (χ4n) is 5.07. The van der Waals surface area contributed by atoms with Crippen molar-refractivity contribution in [2.24, 2.45) is 17.3 Å². The summed E-state index contributed by atoms with van der Waals surface area (Å²) in [6, 6.07) is 6.28. The molecule has 128 valence electrons. The van der Waals surface area contributed by atoms with E-state index in [1.54, 1.807) is 0 Å². The summed E-state index contributed by atoms with van der Waals surface area (Å²) in [6.07, 6.45) is 18.1. The van der Waals surface area contributed by atoms with Gasteiger partial charge in [-0.3, -0.25) is 0 Å². The predicted octanol–water partition coefficient (Wildman–Crippen LogP) is 6.73. The highest BCUT2D eigenvalue weighted by atomic mass is 32.2. The monoisotopic (exact) mass is 331 g/mol. The number of rotatable bonds is 6. The highest BCUT2D eigenvalue weighted by Crippen LogP contribution is 2.51. The molecule has 3 rings (SSSR count). The Morgan fingerprint density at radius 3 is 2.09 bits per heavy atom. The molecule has 0 bridgehead atoms. The van der Waals surface area contributed by atoms with Gasteiger partial charge >= 0.3 is 0 Å². The average Bonchev–Trinajstić information content (AvgIpc) is 2.64. The van der Waals surface area contributed by atoms with E-state index < -0.39 is 0 Å². The summed E-state index contributed by atoms with van der Waals surface area (Å²) in [5.74, 6) is 3.19. The number of aromatic nitrogens is 1. The van der Waals surface area contributed by atoms with Crippen LogP contribution in [-0.2, 0) is 0 Å². The quantitative estimate of drug-likeness (QED) is 0.536. The molecular formula is C21H33NS. The Kier molecular flexibility index (Phi) is 6.44. The summed E-state index contributed by atoms with van der Waals surface area (Å²) in [7, 11) is 0. The number of hydrogen-bond donors (Lipinski definition) is 0. The molecule has 2 saturated carbocycles. The lowest BCUT2D eigenvalue weighted by Crippen LogP contribution is -2.38. The van der Waals surface area contributed by atoms with Crippen molar-refractivity contribution in [3.8, 4) is 0 Å². The first-order chi connectivity index (χ1) is 11.3. The standard InChI is InChI=1S/C21H33NS/c1-21(18-10-4-2-5-11-18,19-12-6-3-7-13-19)15-17-23-20-14-8-9-16-22-20/h8-9,14,16,18-19H,2-7,10-13,15,17H2,1H3. The van der Waals surface area contributed by atoms with Gasteiger partial charge in [-0.25, -0.2) is 4.98 Å². The Morgan fingerprint density at radius 2 is 1.57 bits per heavy atom. The van der Waals surface area contributed by atoms with E-state index in [9.17, 15) is 0 Å². The van der Waals surface area contributed by atoms with Gasteiger partial charge in [0.05, 0.1) is 5.03 Å². The van der Waals surface area contributed by atoms with Crippen LogP contribution in [0.25, 0.3) is 0 Å². The van der Waals surface area contributed by atoms with E-state index in [-0.39, 0.29) is 0 Å². The van der Waals surface area contributed by atoms with Gasteiger partial charge in [0, 0.05) is 11.9 Å². The van der Waals surface area contributed by atoms with E-state index in [1.165, 1.54) is 81.4 Å². The van der Waals surface area contributed by atoms with E-state index in [0.717, 1.165) is 11.8 Å². The van der Waals surface area contributed by atoms with Crippen molar-refractivity contribution in [1.29, 1.82) is 0 Å². The van der Waals surface area contributed by atoms with Crippen molar-refractivity contribution >= 4 is 11.8 Å². The smallest absolute Gasteiger partial charge is 0.0959 e. The van der Waals surface area contributed by atoms with Crippen LogP contribution in [0.4, 0.5) is 0 Å². The number of thioether (sulfide) groups is 1. The summed E-state index contributed by atoms with van der Waals surface area (Å²) >= 11 is 1.96. The fraction of sp³-hybridized carbons (Fsp3) is 0.762. The maximum absolute atomic E-state index is 4.49. The van der Waals surface area contributed by atoms with Gasteiger partial charge in [0.2, 0.25) is 0 Å². The zero-order valence-corrected chi connectivity index (χ0v) is 15.6. The lowest BCUT2D eigenvalue weighted by atomic mass is 9.59. The molecule has 1 nitrogen and oxygen atoms in total. The number of nitrogens with zero attached hydrogens (tertiary/aromatic N) is 1. The molecule has 0 unspecified atom stereocenters. The molecule has 0 radical (unpaired) electrons. The lowest BCUT2D eigenvalue weighted by Gasteiger charge is -2.47. The van der Waals surface area contributed by atoms with Gasteiger partial charge in [0.25, 0.3) is 0 Å². The Hall–Kier alpha value is -0.500. The molecule has 0 atom stereocenters. The maximum Gasteiger partial charge on any atom is 0.0959 e. The van der Waals surface area contributed by atoms with Crippen LogP contribution in [0.3, 0.4) is 0 Å². The third-order valence-corrected chi connectivity index (χ3v) is 7.55. The van der Waals surface area contributed by atoms with Crippen molar-refractivity contribution in [2.75, 3.05) is 5.75 Å². The lowest BCUT2D eigenvalue weighted by molar-refractivity contribution is 0.0373. The van der Waals surface area contributed by atoms with Gasteiger partial charge in [0.1, 0.15) is 0 Å². The van der Waals surface area contributed by atoms with Gasteiger partial charge < -0.3 is 0 Å². The van der Waals surface area contributed by atoms with Crippen molar-refractivity contribution in [1.82, 2.24) is 4.98 Å². The van der Waals surface area contributed by atoms with Gasteiger partial charge in [-0.1, -0.05) is 51.5 Å². The zero-order chi connectivity index (χ0) is 16.0. The van der Waals surface area contributed by atoms with Crippen LogP contribution in [0.1, 0.15) is 77.6 Å². The Labute approximate surface area is 147 Å². The maximum atomic E-state index is 4.49. The molecular weight excluding hydrogens is 298 g/mol. The Bertz CT molecular complexity index is 428. The minimum absolute atomic E-state index is 0.572. The van der Waals surface area contributed by atoms with Gasteiger partial charge in [-0.2, -0.15) is 0 Å². The number of pyridine rings is 1. The molecule has 0 amide bonds. The zero-order valence-electron chi connectivity index (χ0n) is 14.8. The van der Waals surface area contributed by atoms with E-state index in [1.807, 2.05) is 24.0 Å². The second-order valence-electron chi connectivity index (χ2n) is 7.94. The average molecular weight is 332 g/mol. The third-order valence-electron chi connectivity index (χ3n) is 6.60. The molecule has 1 aromatic rings. The summed E-state index contributed by atoms with van der Waals surface area (Å²) in [5.41, 5.74) is 0.572. The van der Waals surface area contributed by atoms with Gasteiger partial charge in [-0.15, -0.1) is 11.8 Å². The summed E-state index contributed by atoms with van der Waals surface area (Å²) in [5, 5.41) is 1.20. The molecule has 1 aromatic heterocycles. The highest BCUT2D eigenvalue weighted by Gasteiger charge is 2.41. The minimum Gasteiger partial charge on any atom is -0.250 e. The molecule has 0 saturated heterocycles. The molecule has 0 N–H and O–H groups in total. The van der Waals surface area contributed by atoms with E-state index in [4.69, 9.17) is 0 Å². The van der Waals surface area contributed by atoms with Crippen LogP contribution in [-0.4, -0.2) is 10.7 Å². The molecule has 0 aliphatic heterocycles. The van der Waals surface area contributed by atoms with Crippen molar-refractivity contribution in [2.45, 2.75) is 82.6 Å². The summed E-state index contributed by atoms with van der Waals surface area (Å²) in [4.78, 5) is 4.49.